The predicted molar refractivity (Wildman–Crippen MR) is 73.6 cm³/mol. The number of nitrogens with one attached hydrogen (secondary N) is 1. The lowest BCUT2D eigenvalue weighted by atomic mass is 10.0. The Bertz CT molecular complexity index is 464. The van der Waals surface area contributed by atoms with Crippen LogP contribution in [0.25, 0.3) is 11.4 Å². The maximum absolute atomic E-state index is 5.32. The highest BCUT2D eigenvalue weighted by Crippen LogP contribution is 2.19. The minimum absolute atomic E-state index is 0.380. The van der Waals surface area contributed by atoms with Crippen molar-refractivity contribution in [3.05, 3.63) is 22.7 Å². The lowest BCUT2D eigenvalue weighted by molar-refractivity contribution is 0.329. The summed E-state index contributed by atoms with van der Waals surface area (Å²) in [5.74, 6) is 1.93. The molecular formula is C13H19N3OS. The Labute approximate surface area is 111 Å². The molecule has 0 saturated carbocycles. The largest absolute Gasteiger partial charge is 0.339 e. The molecule has 0 radical (unpaired) electrons. The van der Waals surface area contributed by atoms with E-state index in [-0.39, 0.29) is 0 Å². The van der Waals surface area contributed by atoms with E-state index in [1.807, 2.05) is 16.8 Å². The van der Waals surface area contributed by atoms with E-state index in [2.05, 4.69) is 36.2 Å². The van der Waals surface area contributed by atoms with Gasteiger partial charge in [0.15, 0.2) is 0 Å². The van der Waals surface area contributed by atoms with Crippen LogP contribution >= 0.6 is 11.3 Å². The van der Waals surface area contributed by atoms with Crippen LogP contribution in [-0.4, -0.2) is 22.7 Å². The van der Waals surface area contributed by atoms with Crippen LogP contribution in [0.2, 0.25) is 0 Å². The summed E-state index contributed by atoms with van der Waals surface area (Å²) in [6.45, 7) is 7.46. The molecule has 0 bridgehead atoms. The third-order valence-electron chi connectivity index (χ3n) is 2.91. The van der Waals surface area contributed by atoms with Gasteiger partial charge in [-0.1, -0.05) is 25.9 Å². The van der Waals surface area contributed by atoms with Crippen molar-refractivity contribution < 1.29 is 4.52 Å². The topological polar surface area (TPSA) is 51.0 Å². The van der Waals surface area contributed by atoms with E-state index in [0.29, 0.717) is 23.7 Å². The number of hydrogen-bond acceptors (Lipinski definition) is 5. The van der Waals surface area contributed by atoms with Gasteiger partial charge in [-0.25, -0.2) is 0 Å². The zero-order valence-electron chi connectivity index (χ0n) is 11.0. The fourth-order valence-electron chi connectivity index (χ4n) is 1.84. The van der Waals surface area contributed by atoms with Gasteiger partial charge in [0.25, 0.3) is 0 Å². The third-order valence-corrected chi connectivity index (χ3v) is 3.60. The van der Waals surface area contributed by atoms with E-state index in [1.54, 1.807) is 11.3 Å². The fourth-order valence-corrected chi connectivity index (χ4v) is 2.47. The predicted octanol–water partition coefficient (Wildman–Crippen LogP) is 2.97. The molecular weight excluding hydrogens is 246 g/mol. The number of likely N-dealkylation sites (N-methyl/N-ethyl adjacent to an activating group) is 1. The molecule has 0 aliphatic heterocycles. The van der Waals surface area contributed by atoms with Gasteiger partial charge in [0.05, 0.1) is 0 Å². The molecule has 0 aliphatic carbocycles. The van der Waals surface area contributed by atoms with Crippen molar-refractivity contribution in [3.8, 4) is 11.4 Å². The maximum Gasteiger partial charge on any atom is 0.228 e. The molecule has 0 saturated heterocycles. The normalized spacial score (nSPS) is 13.1. The summed E-state index contributed by atoms with van der Waals surface area (Å²) in [6.07, 6.45) is 0.780. The quantitative estimate of drug-likeness (QED) is 0.872. The second-order valence-corrected chi connectivity index (χ2v) is 5.42. The molecule has 1 N–H and O–H groups in total. The molecule has 0 fully saturated rings. The SMILES string of the molecule is CCNC(Cc1nc(-c2ccsc2)no1)C(C)C. The van der Waals surface area contributed by atoms with Crippen LogP contribution in [0.3, 0.4) is 0 Å². The lowest BCUT2D eigenvalue weighted by Crippen LogP contribution is -2.35. The van der Waals surface area contributed by atoms with E-state index in [0.717, 1.165) is 18.5 Å². The van der Waals surface area contributed by atoms with Crippen molar-refractivity contribution in [3.63, 3.8) is 0 Å². The molecule has 2 aromatic heterocycles. The molecule has 0 aliphatic rings. The standard InChI is InChI=1S/C13H19N3OS/c1-4-14-11(9(2)3)7-12-15-13(16-17-12)10-5-6-18-8-10/h5-6,8-9,11,14H,4,7H2,1-3H3. The van der Waals surface area contributed by atoms with Gasteiger partial charge < -0.3 is 9.84 Å². The van der Waals surface area contributed by atoms with Gasteiger partial charge in [-0.15, -0.1) is 0 Å². The van der Waals surface area contributed by atoms with Crippen molar-refractivity contribution in [2.24, 2.45) is 5.92 Å². The fraction of sp³-hybridized carbons (Fsp3) is 0.538. The van der Waals surface area contributed by atoms with Crippen LogP contribution < -0.4 is 5.32 Å². The highest BCUT2D eigenvalue weighted by molar-refractivity contribution is 7.08. The van der Waals surface area contributed by atoms with Crippen molar-refractivity contribution in [2.45, 2.75) is 33.2 Å². The number of nitrogens with zero attached hydrogens (tertiary/aromatic N) is 2. The monoisotopic (exact) mass is 265 g/mol. The first-order valence-corrected chi connectivity index (χ1v) is 7.23. The van der Waals surface area contributed by atoms with Crippen LogP contribution in [0.5, 0.6) is 0 Å². The molecule has 0 spiro atoms. The highest BCUT2D eigenvalue weighted by Gasteiger charge is 2.17. The van der Waals surface area contributed by atoms with E-state index in [1.165, 1.54) is 0 Å². The van der Waals surface area contributed by atoms with Gasteiger partial charge in [-0.2, -0.15) is 16.3 Å². The number of thiophene rings is 1. The molecule has 98 valence electrons. The minimum atomic E-state index is 0.380. The average Bonchev–Trinajstić information content (AvgIpc) is 2.98. The van der Waals surface area contributed by atoms with Gasteiger partial charge in [0, 0.05) is 23.4 Å². The molecule has 0 aromatic carbocycles. The summed E-state index contributed by atoms with van der Waals surface area (Å²) in [5, 5.41) is 11.5. The maximum atomic E-state index is 5.32. The highest BCUT2D eigenvalue weighted by atomic mass is 32.1. The number of aromatic nitrogens is 2. The Balaban J connectivity index is 2.06. The lowest BCUT2D eigenvalue weighted by Gasteiger charge is -2.19. The molecule has 0 amide bonds. The second-order valence-electron chi connectivity index (χ2n) is 4.64. The second kappa shape index (κ2) is 6.11. The molecule has 2 heterocycles. The van der Waals surface area contributed by atoms with Crippen molar-refractivity contribution in [2.75, 3.05) is 6.54 Å². The summed E-state index contributed by atoms with van der Waals surface area (Å²) < 4.78 is 5.32. The van der Waals surface area contributed by atoms with Gasteiger partial charge in [0.2, 0.25) is 11.7 Å². The minimum Gasteiger partial charge on any atom is -0.339 e. The Hall–Kier alpha value is -1.20. The summed E-state index contributed by atoms with van der Waals surface area (Å²) in [7, 11) is 0. The summed E-state index contributed by atoms with van der Waals surface area (Å²) >= 11 is 1.64. The van der Waals surface area contributed by atoms with Crippen LogP contribution in [-0.2, 0) is 6.42 Å². The van der Waals surface area contributed by atoms with E-state index in [9.17, 15) is 0 Å². The van der Waals surface area contributed by atoms with Crippen LogP contribution in [0.15, 0.2) is 21.3 Å². The molecule has 2 rings (SSSR count). The Morgan fingerprint density at radius 2 is 2.28 bits per heavy atom. The zero-order chi connectivity index (χ0) is 13.0. The summed E-state index contributed by atoms with van der Waals surface area (Å²) in [5.41, 5.74) is 1.03. The molecule has 1 unspecified atom stereocenters. The average molecular weight is 265 g/mol. The van der Waals surface area contributed by atoms with Gasteiger partial charge in [-0.05, 0) is 23.9 Å². The summed E-state index contributed by atoms with van der Waals surface area (Å²) in [4.78, 5) is 4.45. The Kier molecular flexibility index (Phi) is 4.49. The first kappa shape index (κ1) is 13.2. The van der Waals surface area contributed by atoms with Crippen molar-refractivity contribution in [1.29, 1.82) is 0 Å². The Morgan fingerprint density at radius 1 is 1.44 bits per heavy atom. The first-order chi connectivity index (χ1) is 8.70. The van der Waals surface area contributed by atoms with E-state index in [4.69, 9.17) is 4.52 Å². The van der Waals surface area contributed by atoms with E-state index >= 15 is 0 Å². The van der Waals surface area contributed by atoms with Gasteiger partial charge in [-0.3, -0.25) is 0 Å². The Morgan fingerprint density at radius 3 is 2.89 bits per heavy atom. The van der Waals surface area contributed by atoms with Crippen molar-refractivity contribution >= 4 is 11.3 Å². The zero-order valence-corrected chi connectivity index (χ0v) is 11.8. The molecule has 4 nitrogen and oxygen atoms in total. The molecule has 1 atom stereocenters. The van der Waals surface area contributed by atoms with Crippen LogP contribution in [0, 0.1) is 5.92 Å². The smallest absolute Gasteiger partial charge is 0.228 e. The van der Waals surface area contributed by atoms with Gasteiger partial charge >= 0.3 is 0 Å². The molecule has 2 aromatic rings. The first-order valence-electron chi connectivity index (χ1n) is 6.29. The van der Waals surface area contributed by atoms with E-state index < -0.39 is 0 Å². The van der Waals surface area contributed by atoms with Gasteiger partial charge in [0.1, 0.15) is 0 Å². The van der Waals surface area contributed by atoms with Crippen LogP contribution in [0.4, 0.5) is 0 Å². The van der Waals surface area contributed by atoms with Crippen molar-refractivity contribution in [1.82, 2.24) is 15.5 Å². The molecule has 18 heavy (non-hydrogen) atoms. The third kappa shape index (κ3) is 3.17. The number of rotatable bonds is 6. The molecule has 5 heteroatoms. The van der Waals surface area contributed by atoms with Crippen LogP contribution in [0.1, 0.15) is 26.7 Å². The number of hydrogen-bond donors (Lipinski definition) is 1. The summed E-state index contributed by atoms with van der Waals surface area (Å²) in [6, 6.07) is 2.38.